The second-order valence-corrected chi connectivity index (χ2v) is 7.90. The Morgan fingerprint density at radius 2 is 1.88 bits per heavy atom. The van der Waals surface area contributed by atoms with Crippen LogP contribution in [0.2, 0.25) is 0 Å². The second-order valence-electron chi connectivity index (χ2n) is 7.90. The molecule has 0 fully saturated rings. The summed E-state index contributed by atoms with van der Waals surface area (Å²) >= 11 is 0. The number of fused-ring (bicyclic) bond motifs is 2. The zero-order valence-corrected chi connectivity index (χ0v) is 18.8. The van der Waals surface area contributed by atoms with Gasteiger partial charge in [-0.05, 0) is 31.0 Å². The van der Waals surface area contributed by atoms with E-state index in [2.05, 4.69) is 27.2 Å². The summed E-state index contributed by atoms with van der Waals surface area (Å²) in [4.78, 5) is 22.6. The molecule has 0 saturated heterocycles. The van der Waals surface area contributed by atoms with Crippen LogP contribution in [0.15, 0.2) is 41.7 Å². The van der Waals surface area contributed by atoms with Crippen molar-refractivity contribution in [1.82, 2.24) is 43.5 Å². The van der Waals surface area contributed by atoms with Crippen molar-refractivity contribution < 1.29 is 4.74 Å². The van der Waals surface area contributed by atoms with Crippen LogP contribution in [0.3, 0.4) is 0 Å². The van der Waals surface area contributed by atoms with Crippen molar-refractivity contribution in [3.63, 3.8) is 0 Å². The molecular formula is C22H25N9O2. The van der Waals surface area contributed by atoms with Gasteiger partial charge >= 0.3 is 0 Å². The fourth-order valence-electron chi connectivity index (χ4n) is 4.07. The molecule has 0 unspecified atom stereocenters. The first-order valence-electron chi connectivity index (χ1n) is 10.9. The van der Waals surface area contributed by atoms with E-state index in [4.69, 9.17) is 9.72 Å². The number of aryl methyl sites for hydroxylation is 2. The number of imidazole rings is 1. The maximum absolute atomic E-state index is 13.7. The first-order valence-corrected chi connectivity index (χ1v) is 10.9. The largest absolute Gasteiger partial charge is 0.497 e. The number of rotatable bonds is 8. The van der Waals surface area contributed by atoms with Gasteiger partial charge in [0, 0.05) is 6.54 Å². The number of aromatic nitrogens is 9. The summed E-state index contributed by atoms with van der Waals surface area (Å²) in [5.41, 5.74) is 1.83. The zero-order chi connectivity index (χ0) is 22.9. The van der Waals surface area contributed by atoms with Gasteiger partial charge in [-0.1, -0.05) is 31.9 Å². The van der Waals surface area contributed by atoms with Gasteiger partial charge in [0.15, 0.2) is 11.2 Å². The zero-order valence-electron chi connectivity index (χ0n) is 18.8. The van der Waals surface area contributed by atoms with Crippen LogP contribution in [0, 0.1) is 6.92 Å². The fraction of sp³-hybridized carbons (Fsp3) is 0.364. The lowest BCUT2D eigenvalue weighted by Gasteiger charge is -2.11. The Labute approximate surface area is 189 Å². The van der Waals surface area contributed by atoms with Crippen molar-refractivity contribution in [3.05, 3.63) is 58.7 Å². The van der Waals surface area contributed by atoms with Crippen molar-refractivity contribution in [3.8, 4) is 11.7 Å². The Bertz CT molecular complexity index is 1460. The second kappa shape index (κ2) is 8.49. The summed E-state index contributed by atoms with van der Waals surface area (Å²) in [6, 6.07) is 7.74. The van der Waals surface area contributed by atoms with E-state index < -0.39 is 0 Å². The van der Waals surface area contributed by atoms with Crippen LogP contribution in [0.4, 0.5) is 0 Å². The molecule has 0 amide bonds. The van der Waals surface area contributed by atoms with E-state index in [1.54, 1.807) is 29.4 Å². The highest BCUT2D eigenvalue weighted by Gasteiger charge is 2.23. The number of benzene rings is 1. The summed E-state index contributed by atoms with van der Waals surface area (Å²) in [6.45, 7) is 5.05. The molecule has 33 heavy (non-hydrogen) atoms. The van der Waals surface area contributed by atoms with Crippen molar-refractivity contribution in [1.29, 1.82) is 0 Å². The Kier molecular flexibility index (Phi) is 5.37. The Balaban J connectivity index is 1.78. The molecule has 0 aliphatic carbocycles. The Hall–Kier alpha value is -4.02. The predicted octanol–water partition coefficient (Wildman–Crippen LogP) is 2.38. The monoisotopic (exact) mass is 447 g/mol. The Morgan fingerprint density at radius 1 is 1.06 bits per heavy atom. The van der Waals surface area contributed by atoms with Gasteiger partial charge in [0.25, 0.3) is 5.56 Å². The molecule has 0 spiro atoms. The van der Waals surface area contributed by atoms with Crippen molar-refractivity contribution in [2.24, 2.45) is 0 Å². The third-order valence-corrected chi connectivity index (χ3v) is 5.75. The van der Waals surface area contributed by atoms with Crippen LogP contribution >= 0.6 is 0 Å². The summed E-state index contributed by atoms with van der Waals surface area (Å²) in [5.74, 6) is 2.32. The third-order valence-electron chi connectivity index (χ3n) is 5.75. The molecule has 5 aromatic rings. The van der Waals surface area contributed by atoms with Crippen molar-refractivity contribution in [2.45, 2.75) is 46.2 Å². The van der Waals surface area contributed by atoms with Crippen LogP contribution in [0.25, 0.3) is 22.9 Å². The standard InChI is InChI=1S/C22H25N9O2/c1-4-5-6-11-28-19-18(20(32)31-15(2)26-27-22(28)31)29(21(25-19)30-14-23-13-24-30)12-16-7-9-17(33-3)10-8-16/h7-10,13-14H,4-6,11-12H2,1-3H3. The first-order chi connectivity index (χ1) is 16.1. The van der Waals surface area contributed by atoms with E-state index in [1.807, 2.05) is 33.4 Å². The van der Waals surface area contributed by atoms with Crippen LogP contribution in [-0.2, 0) is 13.1 Å². The number of ether oxygens (including phenoxy) is 1. The number of methoxy groups -OCH3 is 1. The normalized spacial score (nSPS) is 11.6. The van der Waals surface area contributed by atoms with Gasteiger partial charge in [0.1, 0.15) is 24.2 Å². The molecule has 0 aliphatic heterocycles. The molecule has 11 nitrogen and oxygen atoms in total. The summed E-state index contributed by atoms with van der Waals surface area (Å²) in [7, 11) is 1.63. The quantitative estimate of drug-likeness (QED) is 0.336. The number of unbranched alkanes of at least 4 members (excludes halogenated alkanes) is 2. The molecule has 0 bridgehead atoms. The van der Waals surface area contributed by atoms with Gasteiger partial charge in [0.05, 0.1) is 13.7 Å². The van der Waals surface area contributed by atoms with Crippen molar-refractivity contribution in [2.75, 3.05) is 7.11 Å². The number of hydrogen-bond donors (Lipinski definition) is 0. The van der Waals surface area contributed by atoms with Gasteiger partial charge in [0.2, 0.25) is 11.7 Å². The molecule has 0 N–H and O–H groups in total. The van der Waals surface area contributed by atoms with Crippen molar-refractivity contribution >= 4 is 16.9 Å². The predicted molar refractivity (Wildman–Crippen MR) is 122 cm³/mol. The SMILES string of the molecule is CCCCCn1c2nc(-n3cncn3)n(Cc3ccc(OC)cc3)c2c(=O)n2c(C)nnc12. The lowest BCUT2D eigenvalue weighted by molar-refractivity contribution is 0.414. The van der Waals surface area contributed by atoms with Crippen LogP contribution in [-0.4, -0.2) is 50.6 Å². The van der Waals surface area contributed by atoms with Crippen LogP contribution in [0.1, 0.15) is 37.6 Å². The van der Waals surface area contributed by atoms with Gasteiger partial charge in [-0.15, -0.1) is 10.2 Å². The highest BCUT2D eigenvalue weighted by molar-refractivity contribution is 5.75. The summed E-state index contributed by atoms with van der Waals surface area (Å²) < 4.78 is 12.3. The molecule has 170 valence electrons. The van der Waals surface area contributed by atoms with Gasteiger partial charge in [-0.25, -0.2) is 9.38 Å². The van der Waals surface area contributed by atoms with E-state index in [0.717, 1.165) is 30.6 Å². The minimum Gasteiger partial charge on any atom is -0.497 e. The van der Waals surface area contributed by atoms with E-state index >= 15 is 0 Å². The summed E-state index contributed by atoms with van der Waals surface area (Å²) in [6.07, 6.45) is 6.12. The van der Waals surface area contributed by atoms with E-state index in [0.29, 0.717) is 41.8 Å². The molecule has 4 aromatic heterocycles. The lowest BCUT2D eigenvalue weighted by Crippen LogP contribution is -2.22. The van der Waals surface area contributed by atoms with Gasteiger partial charge in [-0.2, -0.15) is 14.8 Å². The number of hydrogen-bond acceptors (Lipinski definition) is 7. The summed E-state index contributed by atoms with van der Waals surface area (Å²) in [5, 5.41) is 12.7. The van der Waals surface area contributed by atoms with Crippen LogP contribution < -0.4 is 10.3 Å². The average molecular weight is 448 g/mol. The van der Waals surface area contributed by atoms with E-state index in [1.165, 1.54) is 6.33 Å². The van der Waals surface area contributed by atoms with Gasteiger partial charge < -0.3 is 4.74 Å². The Morgan fingerprint density at radius 3 is 2.58 bits per heavy atom. The molecule has 1 aromatic carbocycles. The van der Waals surface area contributed by atoms with Gasteiger partial charge in [-0.3, -0.25) is 13.9 Å². The third kappa shape index (κ3) is 3.55. The smallest absolute Gasteiger partial charge is 0.286 e. The van der Waals surface area contributed by atoms with E-state index in [9.17, 15) is 4.79 Å². The van der Waals surface area contributed by atoms with E-state index in [-0.39, 0.29) is 5.56 Å². The van der Waals surface area contributed by atoms with Crippen LogP contribution in [0.5, 0.6) is 5.75 Å². The highest BCUT2D eigenvalue weighted by atomic mass is 16.5. The molecule has 0 radical (unpaired) electrons. The molecule has 4 heterocycles. The molecule has 5 rings (SSSR count). The topological polar surface area (TPSA) is 110 Å². The average Bonchev–Trinajstić information content (AvgIpc) is 3.56. The maximum Gasteiger partial charge on any atom is 0.286 e. The lowest BCUT2D eigenvalue weighted by atomic mass is 10.2. The fourth-order valence-corrected chi connectivity index (χ4v) is 4.07. The minimum atomic E-state index is -0.207. The minimum absolute atomic E-state index is 0.207. The number of nitrogens with zero attached hydrogens (tertiary/aromatic N) is 9. The molecule has 11 heteroatoms. The highest BCUT2D eigenvalue weighted by Crippen LogP contribution is 2.21. The molecule has 0 aliphatic rings. The molecule has 0 atom stereocenters. The maximum atomic E-state index is 13.7. The molecule has 0 saturated carbocycles. The molecular weight excluding hydrogens is 422 g/mol. The first kappa shape index (κ1) is 20.9.